The number of hydroxylamine groups is 1. The molecule has 0 spiro atoms. The van der Waals surface area contributed by atoms with Gasteiger partial charge in [0.2, 0.25) is 0 Å². The SMILES string of the molecule is COc1ccc(S(=O)(=O)N(C[C@H](O)CO)N(O)C(C)=O)cc1. The normalized spacial score (nSPS) is 13.0. The Labute approximate surface area is 127 Å². The summed E-state index contributed by atoms with van der Waals surface area (Å²) < 4.78 is 30.1. The van der Waals surface area contributed by atoms with Crippen molar-refractivity contribution in [2.45, 2.75) is 17.9 Å². The third-order valence-electron chi connectivity index (χ3n) is 2.71. The Kier molecular flexibility index (Phi) is 6.26. The smallest absolute Gasteiger partial charge is 0.262 e. The minimum Gasteiger partial charge on any atom is -0.497 e. The van der Waals surface area contributed by atoms with Gasteiger partial charge in [-0.3, -0.25) is 10.0 Å². The molecule has 0 saturated carbocycles. The van der Waals surface area contributed by atoms with Gasteiger partial charge in [-0.1, -0.05) is 4.41 Å². The van der Waals surface area contributed by atoms with Crippen LogP contribution in [0.1, 0.15) is 6.92 Å². The lowest BCUT2D eigenvalue weighted by atomic mass is 10.3. The molecule has 0 radical (unpaired) electrons. The summed E-state index contributed by atoms with van der Waals surface area (Å²) in [7, 11) is -2.90. The summed E-state index contributed by atoms with van der Waals surface area (Å²) >= 11 is 0. The summed E-state index contributed by atoms with van der Waals surface area (Å²) in [6, 6.07) is 5.23. The summed E-state index contributed by atoms with van der Waals surface area (Å²) in [5.74, 6) is -0.546. The quantitative estimate of drug-likeness (QED) is 0.439. The van der Waals surface area contributed by atoms with E-state index >= 15 is 0 Å². The Morgan fingerprint density at radius 3 is 2.27 bits per heavy atom. The highest BCUT2D eigenvalue weighted by Crippen LogP contribution is 2.20. The molecule has 0 fully saturated rings. The van der Waals surface area contributed by atoms with Gasteiger partial charge < -0.3 is 14.9 Å². The number of amides is 1. The van der Waals surface area contributed by atoms with Crippen LogP contribution in [0, 0.1) is 0 Å². The lowest BCUT2D eigenvalue weighted by Crippen LogP contribution is -2.50. The van der Waals surface area contributed by atoms with Gasteiger partial charge in [0.05, 0.1) is 31.3 Å². The molecule has 1 aromatic rings. The maximum atomic E-state index is 12.5. The number of methoxy groups -OCH3 is 1. The monoisotopic (exact) mass is 334 g/mol. The number of hydrazine groups is 1. The number of sulfonamides is 1. The van der Waals surface area contributed by atoms with E-state index in [0.29, 0.717) is 5.75 Å². The first-order valence-electron chi connectivity index (χ1n) is 6.19. The number of benzene rings is 1. The summed E-state index contributed by atoms with van der Waals surface area (Å²) in [5.41, 5.74) is 0. The highest BCUT2D eigenvalue weighted by molar-refractivity contribution is 7.89. The number of nitrogens with zero attached hydrogens (tertiary/aromatic N) is 2. The standard InChI is InChI=1S/C12H18N2O7S/c1-9(16)14(18)13(7-10(17)8-15)22(19,20)12-5-3-11(21-2)4-6-12/h3-6,10,15,17-18H,7-8H2,1-2H3/t10-/m0/s1. The second kappa shape index (κ2) is 7.51. The van der Waals surface area contributed by atoms with E-state index in [1.165, 1.54) is 31.4 Å². The molecule has 1 aromatic carbocycles. The molecule has 3 N–H and O–H groups in total. The van der Waals surface area contributed by atoms with E-state index in [9.17, 15) is 23.5 Å². The number of hydrogen-bond acceptors (Lipinski definition) is 7. The molecule has 124 valence electrons. The zero-order chi connectivity index (χ0) is 16.9. The number of rotatable bonds is 7. The number of aliphatic hydroxyl groups is 2. The van der Waals surface area contributed by atoms with Gasteiger partial charge in [0.25, 0.3) is 15.9 Å². The van der Waals surface area contributed by atoms with Crippen molar-refractivity contribution in [1.29, 1.82) is 0 Å². The van der Waals surface area contributed by atoms with Crippen molar-refractivity contribution >= 4 is 15.9 Å². The first-order chi connectivity index (χ1) is 10.2. The van der Waals surface area contributed by atoms with E-state index in [2.05, 4.69) is 0 Å². The first-order valence-corrected chi connectivity index (χ1v) is 7.63. The molecular weight excluding hydrogens is 316 g/mol. The molecule has 0 aromatic heterocycles. The predicted molar refractivity (Wildman–Crippen MR) is 74.3 cm³/mol. The number of carbonyl (C=O) groups excluding carboxylic acids is 1. The van der Waals surface area contributed by atoms with Crippen LogP contribution in [0.25, 0.3) is 0 Å². The minimum absolute atomic E-state index is 0.127. The molecule has 0 aliphatic carbocycles. The number of hydrogen-bond donors (Lipinski definition) is 3. The third kappa shape index (κ3) is 4.15. The zero-order valence-electron chi connectivity index (χ0n) is 12.1. The maximum Gasteiger partial charge on any atom is 0.262 e. The van der Waals surface area contributed by atoms with E-state index in [1.54, 1.807) is 0 Å². The van der Waals surface area contributed by atoms with Crippen molar-refractivity contribution in [2.75, 3.05) is 20.3 Å². The Balaban J connectivity index is 3.21. The first kappa shape index (κ1) is 18.3. The molecule has 0 bridgehead atoms. The van der Waals surface area contributed by atoms with Crippen molar-refractivity contribution in [2.24, 2.45) is 0 Å². The average Bonchev–Trinajstić information content (AvgIpc) is 2.51. The summed E-state index contributed by atoms with van der Waals surface area (Å²) in [6.45, 7) is -0.483. The summed E-state index contributed by atoms with van der Waals surface area (Å²) in [5, 5.41) is 27.8. The van der Waals surface area contributed by atoms with Crippen LogP contribution in [-0.2, 0) is 14.8 Å². The van der Waals surface area contributed by atoms with Crippen LogP contribution >= 0.6 is 0 Å². The van der Waals surface area contributed by atoms with Crippen molar-refractivity contribution in [3.63, 3.8) is 0 Å². The van der Waals surface area contributed by atoms with Gasteiger partial charge >= 0.3 is 0 Å². The van der Waals surface area contributed by atoms with Crippen LogP contribution < -0.4 is 4.74 Å². The minimum atomic E-state index is -4.31. The number of ether oxygens (including phenoxy) is 1. The van der Waals surface area contributed by atoms with Crippen molar-refractivity contribution in [3.8, 4) is 5.75 Å². The fourth-order valence-electron chi connectivity index (χ4n) is 1.54. The van der Waals surface area contributed by atoms with E-state index in [-0.39, 0.29) is 14.5 Å². The van der Waals surface area contributed by atoms with Crippen LogP contribution in [0.5, 0.6) is 5.75 Å². The molecule has 0 unspecified atom stereocenters. The Morgan fingerprint density at radius 1 is 1.32 bits per heavy atom. The van der Waals surface area contributed by atoms with Crippen LogP contribution in [0.3, 0.4) is 0 Å². The second-order valence-electron chi connectivity index (χ2n) is 4.33. The Morgan fingerprint density at radius 2 is 1.86 bits per heavy atom. The summed E-state index contributed by atoms with van der Waals surface area (Å²) in [4.78, 5) is 11.0. The lowest BCUT2D eigenvalue weighted by Gasteiger charge is -2.29. The third-order valence-corrected chi connectivity index (χ3v) is 4.43. The number of aliphatic hydroxyl groups excluding tert-OH is 2. The van der Waals surface area contributed by atoms with Gasteiger partial charge in [0.15, 0.2) is 0 Å². The molecule has 0 saturated heterocycles. The lowest BCUT2D eigenvalue weighted by molar-refractivity contribution is -0.213. The fourth-order valence-corrected chi connectivity index (χ4v) is 2.95. The van der Waals surface area contributed by atoms with Crippen molar-refractivity contribution in [3.05, 3.63) is 24.3 Å². The van der Waals surface area contributed by atoms with E-state index in [1.807, 2.05) is 0 Å². The molecule has 0 heterocycles. The van der Waals surface area contributed by atoms with E-state index in [0.717, 1.165) is 6.92 Å². The Hall–Kier alpha value is -1.72. The average molecular weight is 334 g/mol. The topological polar surface area (TPSA) is 128 Å². The van der Waals surface area contributed by atoms with Gasteiger partial charge in [-0.15, -0.1) is 5.17 Å². The Bertz CT molecular complexity index is 602. The fraction of sp³-hybridized carbons (Fsp3) is 0.417. The van der Waals surface area contributed by atoms with Gasteiger partial charge in [-0.25, -0.2) is 8.42 Å². The van der Waals surface area contributed by atoms with Gasteiger partial charge in [0.1, 0.15) is 5.75 Å². The van der Waals surface area contributed by atoms with Crippen LogP contribution in [0.2, 0.25) is 0 Å². The van der Waals surface area contributed by atoms with Crippen LogP contribution in [0.4, 0.5) is 0 Å². The molecule has 1 atom stereocenters. The van der Waals surface area contributed by atoms with Gasteiger partial charge in [-0.05, 0) is 24.3 Å². The van der Waals surface area contributed by atoms with Gasteiger partial charge in [-0.2, -0.15) is 0 Å². The van der Waals surface area contributed by atoms with Crippen LogP contribution in [0.15, 0.2) is 29.2 Å². The van der Waals surface area contributed by atoms with Crippen LogP contribution in [-0.4, -0.2) is 65.7 Å². The predicted octanol–water partition coefficient (Wildman–Crippen LogP) is -0.808. The second-order valence-corrected chi connectivity index (χ2v) is 6.17. The molecule has 22 heavy (non-hydrogen) atoms. The molecule has 0 aliphatic rings. The molecule has 1 rings (SSSR count). The van der Waals surface area contributed by atoms with Gasteiger partial charge in [0, 0.05) is 6.92 Å². The summed E-state index contributed by atoms with van der Waals surface area (Å²) in [6.07, 6.45) is -1.47. The molecule has 0 aliphatic heterocycles. The van der Waals surface area contributed by atoms with Crippen molar-refractivity contribution < 1.29 is 33.4 Å². The largest absolute Gasteiger partial charge is 0.497 e. The van der Waals surface area contributed by atoms with Crippen molar-refractivity contribution in [1.82, 2.24) is 9.59 Å². The highest BCUT2D eigenvalue weighted by atomic mass is 32.2. The molecular formula is C12H18N2O7S. The number of carbonyl (C=O) groups is 1. The highest BCUT2D eigenvalue weighted by Gasteiger charge is 2.33. The molecule has 9 nitrogen and oxygen atoms in total. The molecule has 10 heteroatoms. The van der Waals surface area contributed by atoms with E-state index in [4.69, 9.17) is 9.84 Å². The zero-order valence-corrected chi connectivity index (χ0v) is 12.9. The maximum absolute atomic E-state index is 12.5. The molecule has 1 amide bonds. The van der Waals surface area contributed by atoms with E-state index < -0.39 is 35.2 Å².